The van der Waals surface area contributed by atoms with E-state index in [1.54, 1.807) is 10.3 Å². The van der Waals surface area contributed by atoms with E-state index in [-0.39, 0.29) is 24.7 Å². The molecule has 1 aromatic heterocycles. The van der Waals surface area contributed by atoms with Crippen molar-refractivity contribution in [3.63, 3.8) is 0 Å². The van der Waals surface area contributed by atoms with E-state index in [4.69, 9.17) is 10.8 Å². The Kier molecular flexibility index (Phi) is 3.28. The summed E-state index contributed by atoms with van der Waals surface area (Å²) in [7, 11) is 0. The molecule has 0 unspecified atom stereocenters. The summed E-state index contributed by atoms with van der Waals surface area (Å²) in [5.74, 6) is -0.733. The van der Waals surface area contributed by atoms with Crippen LogP contribution in [0.15, 0.2) is 5.38 Å². The number of nitrogens with two attached hydrogens (primary N) is 1. The quantitative estimate of drug-likeness (QED) is 0.801. The Balaban J connectivity index is 1.78. The zero-order chi connectivity index (χ0) is 12.4. The molecule has 17 heavy (non-hydrogen) atoms. The molecule has 92 valence electrons. The fourth-order valence-electron chi connectivity index (χ4n) is 1.82. The topological polar surface area (TPSA) is 96.5 Å². The number of carboxylic acids is 1. The monoisotopic (exact) mass is 255 g/mol. The lowest BCUT2D eigenvalue weighted by Crippen LogP contribution is -2.51. The predicted octanol–water partition coefficient (Wildman–Crippen LogP) is 0.201. The van der Waals surface area contributed by atoms with Crippen LogP contribution in [0.25, 0.3) is 0 Å². The molecule has 1 fully saturated rings. The Morgan fingerprint density at radius 3 is 2.82 bits per heavy atom. The number of carbonyl (C=O) groups excluding carboxylic acids is 1. The van der Waals surface area contributed by atoms with Crippen molar-refractivity contribution in [1.29, 1.82) is 0 Å². The number of hydrogen-bond donors (Lipinski definition) is 2. The van der Waals surface area contributed by atoms with Gasteiger partial charge in [0.1, 0.15) is 0 Å². The number of likely N-dealkylation sites (tertiary alicyclic amines) is 1. The number of aromatic nitrogens is 1. The van der Waals surface area contributed by atoms with Crippen molar-refractivity contribution in [3.8, 4) is 0 Å². The maximum Gasteiger partial charge on any atom is 0.303 e. The van der Waals surface area contributed by atoms with Gasteiger partial charge in [0.15, 0.2) is 5.13 Å². The van der Waals surface area contributed by atoms with Crippen LogP contribution in [-0.4, -0.2) is 40.0 Å². The van der Waals surface area contributed by atoms with E-state index in [9.17, 15) is 9.59 Å². The Labute approximate surface area is 102 Å². The van der Waals surface area contributed by atoms with E-state index < -0.39 is 5.97 Å². The molecule has 0 aromatic carbocycles. The van der Waals surface area contributed by atoms with Crippen molar-refractivity contribution in [2.75, 3.05) is 18.8 Å². The molecule has 1 saturated heterocycles. The summed E-state index contributed by atoms with van der Waals surface area (Å²) < 4.78 is 0. The molecule has 2 rings (SSSR count). The van der Waals surface area contributed by atoms with Crippen LogP contribution < -0.4 is 5.73 Å². The van der Waals surface area contributed by atoms with Gasteiger partial charge in [-0.25, -0.2) is 4.98 Å². The fraction of sp³-hybridized carbons (Fsp3) is 0.500. The Bertz CT molecular complexity index is 440. The number of nitrogens with zero attached hydrogens (tertiary/aromatic N) is 2. The largest absolute Gasteiger partial charge is 0.481 e. The Morgan fingerprint density at radius 2 is 2.29 bits per heavy atom. The summed E-state index contributed by atoms with van der Waals surface area (Å²) in [6.07, 6.45) is 0.376. The first-order valence-corrected chi connectivity index (χ1v) is 6.12. The molecular formula is C10H13N3O3S. The first-order valence-electron chi connectivity index (χ1n) is 5.24. The maximum absolute atomic E-state index is 11.7. The van der Waals surface area contributed by atoms with Gasteiger partial charge in [-0.2, -0.15) is 0 Å². The van der Waals surface area contributed by atoms with Crippen molar-refractivity contribution >= 4 is 28.3 Å². The summed E-state index contributed by atoms with van der Waals surface area (Å²) in [6, 6.07) is 0. The number of anilines is 1. The van der Waals surface area contributed by atoms with E-state index in [1.807, 2.05) is 0 Å². The number of thiazole rings is 1. The van der Waals surface area contributed by atoms with Gasteiger partial charge >= 0.3 is 5.97 Å². The van der Waals surface area contributed by atoms with Crippen LogP contribution >= 0.6 is 11.3 Å². The highest BCUT2D eigenvalue weighted by atomic mass is 32.1. The molecule has 0 spiro atoms. The molecule has 0 saturated carbocycles. The van der Waals surface area contributed by atoms with Gasteiger partial charge in [0.05, 0.1) is 18.5 Å². The van der Waals surface area contributed by atoms with Crippen molar-refractivity contribution in [2.24, 2.45) is 5.92 Å². The SMILES string of the molecule is Nc1nc(CC(=O)N2CC(CC(=O)O)C2)cs1. The summed E-state index contributed by atoms with van der Waals surface area (Å²) in [4.78, 5) is 27.9. The van der Waals surface area contributed by atoms with Crippen LogP contribution in [0.3, 0.4) is 0 Å². The minimum absolute atomic E-state index is 0.0167. The van der Waals surface area contributed by atoms with Crippen LogP contribution in [0.5, 0.6) is 0 Å². The second-order valence-corrected chi connectivity index (χ2v) is 5.01. The molecule has 7 heteroatoms. The van der Waals surface area contributed by atoms with Gasteiger partial charge < -0.3 is 15.7 Å². The van der Waals surface area contributed by atoms with Crippen molar-refractivity contribution < 1.29 is 14.7 Å². The molecule has 1 amide bonds. The fourth-order valence-corrected chi connectivity index (χ4v) is 2.38. The van der Waals surface area contributed by atoms with E-state index >= 15 is 0 Å². The number of amides is 1. The van der Waals surface area contributed by atoms with Gasteiger partial charge in [-0.3, -0.25) is 9.59 Å². The second-order valence-electron chi connectivity index (χ2n) is 4.12. The molecular weight excluding hydrogens is 242 g/mol. The number of rotatable bonds is 4. The number of carbonyl (C=O) groups is 2. The summed E-state index contributed by atoms with van der Waals surface area (Å²) in [5.41, 5.74) is 6.15. The first kappa shape index (κ1) is 11.8. The minimum Gasteiger partial charge on any atom is -0.481 e. The number of nitrogen functional groups attached to an aromatic ring is 1. The van der Waals surface area contributed by atoms with E-state index in [0.29, 0.717) is 23.9 Å². The van der Waals surface area contributed by atoms with Gasteiger partial charge in [0, 0.05) is 24.4 Å². The lowest BCUT2D eigenvalue weighted by molar-refractivity contribution is -0.144. The third-order valence-corrected chi connectivity index (χ3v) is 3.40. The molecule has 1 aliphatic rings. The number of carboxylic acid groups (broad SMARTS) is 1. The summed E-state index contributed by atoms with van der Waals surface area (Å²) >= 11 is 1.31. The average Bonchev–Trinajstić information content (AvgIpc) is 2.56. The predicted molar refractivity (Wildman–Crippen MR) is 62.6 cm³/mol. The van der Waals surface area contributed by atoms with Crippen molar-refractivity contribution in [2.45, 2.75) is 12.8 Å². The Morgan fingerprint density at radius 1 is 1.59 bits per heavy atom. The summed E-state index contributed by atoms with van der Waals surface area (Å²) in [5, 5.41) is 10.8. The highest BCUT2D eigenvalue weighted by molar-refractivity contribution is 7.13. The standard InChI is InChI=1S/C10H13N3O3S/c11-10-12-7(5-17-10)2-8(14)13-3-6(4-13)1-9(15)16/h5-6H,1-4H2,(H2,11,12)(H,15,16). The van der Waals surface area contributed by atoms with Crippen LogP contribution in [0.1, 0.15) is 12.1 Å². The smallest absolute Gasteiger partial charge is 0.303 e. The molecule has 0 atom stereocenters. The lowest BCUT2D eigenvalue weighted by Gasteiger charge is -2.38. The van der Waals surface area contributed by atoms with Gasteiger partial charge in [0.2, 0.25) is 5.91 Å². The molecule has 1 aliphatic heterocycles. The zero-order valence-corrected chi connectivity index (χ0v) is 9.94. The second kappa shape index (κ2) is 4.70. The van der Waals surface area contributed by atoms with E-state index in [1.165, 1.54) is 11.3 Å². The van der Waals surface area contributed by atoms with Gasteiger partial charge in [-0.15, -0.1) is 11.3 Å². The lowest BCUT2D eigenvalue weighted by atomic mass is 9.96. The van der Waals surface area contributed by atoms with Crippen LogP contribution in [0.2, 0.25) is 0 Å². The summed E-state index contributed by atoms with van der Waals surface area (Å²) in [6.45, 7) is 1.06. The highest BCUT2D eigenvalue weighted by Crippen LogP contribution is 2.20. The van der Waals surface area contributed by atoms with Gasteiger partial charge in [0.25, 0.3) is 0 Å². The average molecular weight is 255 g/mol. The van der Waals surface area contributed by atoms with E-state index in [2.05, 4.69) is 4.98 Å². The third-order valence-electron chi connectivity index (χ3n) is 2.68. The van der Waals surface area contributed by atoms with Crippen LogP contribution in [0.4, 0.5) is 5.13 Å². The van der Waals surface area contributed by atoms with Crippen molar-refractivity contribution in [1.82, 2.24) is 9.88 Å². The van der Waals surface area contributed by atoms with Crippen LogP contribution in [-0.2, 0) is 16.0 Å². The van der Waals surface area contributed by atoms with Crippen LogP contribution in [0, 0.1) is 5.92 Å². The molecule has 0 aliphatic carbocycles. The van der Waals surface area contributed by atoms with E-state index in [0.717, 1.165) is 0 Å². The highest BCUT2D eigenvalue weighted by Gasteiger charge is 2.31. The molecule has 0 bridgehead atoms. The minimum atomic E-state index is -0.811. The maximum atomic E-state index is 11.7. The molecule has 3 N–H and O–H groups in total. The van der Waals surface area contributed by atoms with Gasteiger partial charge in [-0.05, 0) is 0 Å². The normalized spacial score (nSPS) is 15.6. The number of hydrogen-bond acceptors (Lipinski definition) is 5. The van der Waals surface area contributed by atoms with Gasteiger partial charge in [-0.1, -0.05) is 0 Å². The first-order chi connectivity index (χ1) is 8.04. The molecule has 6 nitrogen and oxygen atoms in total. The molecule has 1 aromatic rings. The van der Waals surface area contributed by atoms with Crippen molar-refractivity contribution in [3.05, 3.63) is 11.1 Å². The zero-order valence-electron chi connectivity index (χ0n) is 9.13. The Hall–Kier alpha value is -1.63. The number of aliphatic carboxylic acids is 1. The molecule has 0 radical (unpaired) electrons. The molecule has 2 heterocycles. The third kappa shape index (κ3) is 2.94.